The normalized spacial score (nSPS) is 26.5. The molecule has 2 aromatic carbocycles. The van der Waals surface area contributed by atoms with Gasteiger partial charge in [-0.15, -0.1) is 5.10 Å². The Labute approximate surface area is 233 Å². The molecule has 2 atom stereocenters. The lowest BCUT2D eigenvalue weighted by Gasteiger charge is -2.74. The van der Waals surface area contributed by atoms with Crippen LogP contribution in [0, 0.1) is 17.0 Å². The molecule has 7 rings (SSSR count). The molecule has 1 aliphatic heterocycles. The van der Waals surface area contributed by atoms with Gasteiger partial charge in [0.25, 0.3) is 5.92 Å². The molecular weight excluding hydrogens is 546 g/mol. The van der Waals surface area contributed by atoms with E-state index in [2.05, 4.69) is 20.4 Å². The first-order chi connectivity index (χ1) is 19.6. The number of tetrazole rings is 1. The lowest BCUT2D eigenvalue weighted by atomic mass is 9.30. The van der Waals surface area contributed by atoms with Crippen LogP contribution < -0.4 is 4.74 Å². The molecule has 41 heavy (non-hydrogen) atoms. The van der Waals surface area contributed by atoms with Crippen molar-refractivity contribution in [3.63, 3.8) is 0 Å². The molecule has 2 N–H and O–H groups in total. The van der Waals surface area contributed by atoms with E-state index in [0.29, 0.717) is 31.6 Å². The van der Waals surface area contributed by atoms with Crippen LogP contribution in [-0.2, 0) is 22.3 Å². The van der Waals surface area contributed by atoms with Crippen LogP contribution in [0.1, 0.15) is 30.4 Å². The summed E-state index contributed by atoms with van der Waals surface area (Å²) in [6.07, 6.45) is 0.660. The van der Waals surface area contributed by atoms with E-state index in [1.54, 1.807) is 12.1 Å². The van der Waals surface area contributed by atoms with Crippen LogP contribution in [0.25, 0.3) is 0 Å². The highest BCUT2D eigenvalue weighted by Crippen LogP contribution is 2.80. The van der Waals surface area contributed by atoms with E-state index >= 15 is 8.78 Å². The van der Waals surface area contributed by atoms with Crippen LogP contribution in [0.2, 0.25) is 0 Å². The molecule has 1 unspecified atom stereocenters. The molecule has 4 fully saturated rings. The second-order valence-corrected chi connectivity index (χ2v) is 11.6. The summed E-state index contributed by atoms with van der Waals surface area (Å²) in [5.74, 6) is -5.44. The fraction of sp³-hybridized carbons (Fsp3) is 0.536. The number of rotatable bonds is 11. The highest BCUT2D eigenvalue weighted by atomic mass is 19.3. The number of aromatic nitrogens is 4. The fourth-order valence-corrected chi connectivity index (χ4v) is 6.76. The predicted molar refractivity (Wildman–Crippen MR) is 136 cm³/mol. The number of morpholine rings is 1. The summed E-state index contributed by atoms with van der Waals surface area (Å²) in [6, 6.07) is 9.34. The van der Waals surface area contributed by atoms with Crippen molar-refractivity contribution < 1.29 is 37.2 Å². The molecule has 13 heteroatoms. The lowest BCUT2D eigenvalue weighted by molar-refractivity contribution is -0.347. The fourth-order valence-electron chi connectivity index (χ4n) is 6.76. The summed E-state index contributed by atoms with van der Waals surface area (Å²) < 4.78 is 73.1. The van der Waals surface area contributed by atoms with E-state index in [9.17, 15) is 19.0 Å². The van der Waals surface area contributed by atoms with E-state index in [1.807, 2.05) is 12.1 Å². The van der Waals surface area contributed by atoms with Gasteiger partial charge in [-0.1, -0.05) is 12.1 Å². The van der Waals surface area contributed by atoms with Crippen molar-refractivity contribution in [3.8, 4) is 5.75 Å². The molecule has 0 spiro atoms. The van der Waals surface area contributed by atoms with Gasteiger partial charge in [-0.3, -0.25) is 4.90 Å². The first-order valence-electron chi connectivity index (χ1n) is 13.5. The third-order valence-corrected chi connectivity index (χ3v) is 8.86. The minimum Gasteiger partial charge on any atom is -0.491 e. The number of hydrogen-bond donors (Lipinski definition) is 2. The number of benzene rings is 2. The second-order valence-electron chi connectivity index (χ2n) is 11.6. The van der Waals surface area contributed by atoms with Crippen molar-refractivity contribution >= 4 is 0 Å². The Morgan fingerprint density at radius 1 is 1.05 bits per heavy atom. The SMILES string of the molecule is OC(COc1ccc(C23CC(C(F)(F)[C@](O)(Cn4cnnn4)c4ccc(F)cc4F)(C2)C3)cc1)CN1CCOCC1. The molecule has 3 saturated carbocycles. The van der Waals surface area contributed by atoms with Crippen molar-refractivity contribution in [1.82, 2.24) is 25.1 Å². The van der Waals surface area contributed by atoms with Gasteiger partial charge in [0.05, 0.1) is 19.8 Å². The first kappa shape index (κ1) is 28.0. The molecule has 3 aliphatic carbocycles. The Kier molecular flexibility index (Phi) is 7.04. The molecular formula is C28H31F4N5O4. The van der Waals surface area contributed by atoms with E-state index < -0.39 is 52.2 Å². The smallest absolute Gasteiger partial charge is 0.287 e. The quantitative estimate of drug-likeness (QED) is 0.336. The highest BCUT2D eigenvalue weighted by Gasteiger charge is 2.82. The number of aliphatic hydroxyl groups excluding tert-OH is 1. The molecule has 1 aromatic heterocycles. The average molecular weight is 578 g/mol. The van der Waals surface area contributed by atoms with Crippen LogP contribution in [-0.4, -0.2) is 86.8 Å². The summed E-state index contributed by atoms with van der Waals surface area (Å²) in [4.78, 5) is 2.11. The Bertz CT molecular complexity index is 1350. The second kappa shape index (κ2) is 10.3. The van der Waals surface area contributed by atoms with Gasteiger partial charge >= 0.3 is 0 Å². The highest BCUT2D eigenvalue weighted by molar-refractivity contribution is 5.44. The average Bonchev–Trinajstić information content (AvgIpc) is 3.40. The number of nitrogens with zero attached hydrogens (tertiary/aromatic N) is 5. The van der Waals surface area contributed by atoms with Crippen molar-refractivity contribution in [1.29, 1.82) is 0 Å². The summed E-state index contributed by atoms with van der Waals surface area (Å²) in [6.45, 7) is 2.62. The third-order valence-electron chi connectivity index (χ3n) is 8.86. The minimum atomic E-state index is -3.79. The monoisotopic (exact) mass is 577 g/mol. The Morgan fingerprint density at radius 2 is 1.76 bits per heavy atom. The van der Waals surface area contributed by atoms with Gasteiger partial charge in [-0.25, -0.2) is 22.2 Å². The summed E-state index contributed by atoms with van der Waals surface area (Å²) in [5.41, 5.74) is -4.93. The Morgan fingerprint density at radius 3 is 2.39 bits per heavy atom. The summed E-state index contributed by atoms with van der Waals surface area (Å²) >= 11 is 0. The van der Waals surface area contributed by atoms with Gasteiger partial charge in [-0.2, -0.15) is 0 Å². The van der Waals surface area contributed by atoms with Gasteiger partial charge in [0, 0.05) is 36.7 Å². The number of hydrogen-bond acceptors (Lipinski definition) is 8. The van der Waals surface area contributed by atoms with Crippen LogP contribution >= 0.6 is 0 Å². The van der Waals surface area contributed by atoms with Gasteiger partial charge < -0.3 is 19.7 Å². The maximum atomic E-state index is 16.3. The van der Waals surface area contributed by atoms with Crippen LogP contribution in [0.4, 0.5) is 17.6 Å². The van der Waals surface area contributed by atoms with Crippen LogP contribution in [0.3, 0.4) is 0 Å². The first-order valence-corrected chi connectivity index (χ1v) is 13.5. The minimum absolute atomic E-state index is 0.0895. The molecule has 1 saturated heterocycles. The molecule has 0 radical (unpaired) electrons. The van der Waals surface area contributed by atoms with Gasteiger partial charge in [0.2, 0.25) is 0 Å². The van der Waals surface area contributed by atoms with Crippen LogP contribution in [0.5, 0.6) is 5.75 Å². The maximum absolute atomic E-state index is 16.3. The molecule has 2 bridgehead atoms. The van der Waals surface area contributed by atoms with Crippen molar-refractivity contribution in [2.24, 2.45) is 5.41 Å². The summed E-state index contributed by atoms with van der Waals surface area (Å²) in [7, 11) is 0. The summed E-state index contributed by atoms with van der Waals surface area (Å²) in [5, 5.41) is 32.2. The standard InChI is InChI=1S/C28H31F4N5O4/c29-20-3-6-23(24(30)11-20)27(39,17-37-18-33-34-35-37)28(31,32)26-14-25(15-26,16-26)19-1-4-22(5-2-19)41-13-21(38)12-36-7-9-40-10-8-36/h1-6,11,18,21,38-39H,7-10,12-17H2/t21?,25?,26?,27-/m0/s1. The van der Waals surface area contributed by atoms with Gasteiger partial charge in [0.1, 0.15) is 36.4 Å². The number of ether oxygens (including phenoxy) is 2. The zero-order chi connectivity index (χ0) is 28.9. The largest absolute Gasteiger partial charge is 0.491 e. The number of alkyl halides is 2. The molecule has 220 valence electrons. The van der Waals surface area contributed by atoms with Crippen molar-refractivity contribution in [2.75, 3.05) is 39.5 Å². The molecule has 2 heterocycles. The molecule has 4 aliphatic rings. The van der Waals surface area contributed by atoms with E-state index in [1.165, 1.54) is 0 Å². The van der Waals surface area contributed by atoms with Crippen LogP contribution in [0.15, 0.2) is 48.8 Å². The van der Waals surface area contributed by atoms with Crippen molar-refractivity contribution in [3.05, 3.63) is 71.6 Å². The van der Waals surface area contributed by atoms with E-state index in [4.69, 9.17) is 9.47 Å². The topological polar surface area (TPSA) is 106 Å². The lowest BCUT2D eigenvalue weighted by Crippen LogP contribution is -2.76. The number of aliphatic hydroxyl groups is 2. The van der Waals surface area contributed by atoms with Gasteiger partial charge in [0.15, 0.2) is 5.60 Å². The molecule has 3 aromatic rings. The predicted octanol–water partition coefficient (Wildman–Crippen LogP) is 2.67. The number of halogens is 4. The van der Waals surface area contributed by atoms with Gasteiger partial charge in [-0.05, 0) is 64.9 Å². The van der Waals surface area contributed by atoms with E-state index in [-0.39, 0.29) is 25.9 Å². The Balaban J connectivity index is 1.13. The van der Waals surface area contributed by atoms with Crippen molar-refractivity contribution in [2.45, 2.75) is 48.8 Å². The third kappa shape index (κ3) is 4.78. The van der Waals surface area contributed by atoms with E-state index in [0.717, 1.165) is 41.8 Å². The zero-order valence-corrected chi connectivity index (χ0v) is 22.2. The Hall–Kier alpha value is -3.13. The molecule has 0 amide bonds. The molecule has 9 nitrogen and oxygen atoms in total. The maximum Gasteiger partial charge on any atom is 0.287 e. The number of β-amino-alcohol motifs (C(OH)–C–C–N with tert-alkyl or cyclic N) is 1. The zero-order valence-electron chi connectivity index (χ0n) is 22.2.